The van der Waals surface area contributed by atoms with Gasteiger partial charge in [0.05, 0.1) is 10.7 Å². The van der Waals surface area contributed by atoms with E-state index in [-0.39, 0.29) is 11.1 Å². The van der Waals surface area contributed by atoms with Gasteiger partial charge < -0.3 is 5.73 Å². The normalized spacial score (nSPS) is 12.7. The Bertz CT molecular complexity index is 541. The molecule has 2 rings (SSSR count). The molecular weight excluding hydrogens is 255 g/mol. The maximum atomic E-state index is 13.7. The van der Waals surface area contributed by atoms with Gasteiger partial charge in [-0.15, -0.1) is 5.10 Å². The molecule has 6 heteroatoms. The lowest BCUT2D eigenvalue weighted by atomic mass is 10.0. The van der Waals surface area contributed by atoms with E-state index in [0.29, 0.717) is 18.4 Å². The zero-order valence-electron chi connectivity index (χ0n) is 9.98. The predicted molar refractivity (Wildman–Crippen MR) is 67.8 cm³/mol. The molecule has 18 heavy (non-hydrogen) atoms. The summed E-state index contributed by atoms with van der Waals surface area (Å²) in [5.41, 5.74) is 7.30. The van der Waals surface area contributed by atoms with E-state index in [4.69, 9.17) is 17.3 Å². The monoisotopic (exact) mass is 268 g/mol. The van der Waals surface area contributed by atoms with Crippen molar-refractivity contribution in [2.24, 2.45) is 12.8 Å². The van der Waals surface area contributed by atoms with Crippen LogP contribution in [0.2, 0.25) is 5.02 Å². The number of aromatic nitrogens is 3. The Balaban J connectivity index is 2.03. The summed E-state index contributed by atoms with van der Waals surface area (Å²) in [7, 11) is 1.79. The zero-order chi connectivity index (χ0) is 13.1. The highest BCUT2D eigenvalue weighted by molar-refractivity contribution is 6.30. The fourth-order valence-electron chi connectivity index (χ4n) is 1.82. The molecule has 0 amide bonds. The maximum absolute atomic E-state index is 13.7. The van der Waals surface area contributed by atoms with Crippen molar-refractivity contribution in [3.63, 3.8) is 0 Å². The molecule has 0 bridgehead atoms. The third-order valence-electron chi connectivity index (χ3n) is 2.64. The van der Waals surface area contributed by atoms with Crippen LogP contribution in [0.25, 0.3) is 0 Å². The molecule has 1 heterocycles. The second-order valence-electron chi connectivity index (χ2n) is 4.26. The fraction of sp³-hybridized carbons (Fsp3) is 0.333. The quantitative estimate of drug-likeness (QED) is 0.919. The van der Waals surface area contributed by atoms with Crippen LogP contribution in [0.3, 0.4) is 0 Å². The van der Waals surface area contributed by atoms with Gasteiger partial charge in [0.2, 0.25) is 0 Å². The van der Waals surface area contributed by atoms with Gasteiger partial charge in [-0.25, -0.2) is 4.39 Å². The van der Waals surface area contributed by atoms with Crippen LogP contribution in [0.1, 0.15) is 11.3 Å². The standard InChI is InChI=1S/C12H14ClFN4/c1-18-7-10(16-17-18)6-9(15)5-8-3-2-4-11(13)12(8)14/h2-4,7,9H,5-6,15H2,1H3. The molecule has 4 nitrogen and oxygen atoms in total. The van der Waals surface area contributed by atoms with E-state index in [2.05, 4.69) is 10.3 Å². The lowest BCUT2D eigenvalue weighted by Gasteiger charge is -2.11. The van der Waals surface area contributed by atoms with E-state index in [0.717, 1.165) is 5.69 Å². The molecule has 0 saturated carbocycles. The minimum Gasteiger partial charge on any atom is -0.327 e. The second-order valence-corrected chi connectivity index (χ2v) is 4.67. The van der Waals surface area contributed by atoms with Crippen molar-refractivity contribution in [1.82, 2.24) is 15.0 Å². The Morgan fingerprint density at radius 2 is 2.22 bits per heavy atom. The third-order valence-corrected chi connectivity index (χ3v) is 2.93. The van der Waals surface area contributed by atoms with Crippen LogP contribution in [0.5, 0.6) is 0 Å². The summed E-state index contributed by atoms with van der Waals surface area (Å²) in [6, 6.07) is 4.72. The number of rotatable bonds is 4. The molecule has 1 unspecified atom stereocenters. The van der Waals surface area contributed by atoms with Crippen molar-refractivity contribution in [1.29, 1.82) is 0 Å². The Morgan fingerprint density at radius 1 is 1.44 bits per heavy atom. The van der Waals surface area contributed by atoms with E-state index in [1.165, 1.54) is 6.07 Å². The van der Waals surface area contributed by atoms with Crippen molar-refractivity contribution in [3.05, 3.63) is 46.5 Å². The average molecular weight is 269 g/mol. The number of nitrogens with zero attached hydrogens (tertiary/aromatic N) is 3. The Hall–Kier alpha value is -1.46. The minimum atomic E-state index is -0.395. The van der Waals surface area contributed by atoms with Crippen molar-refractivity contribution in [2.45, 2.75) is 18.9 Å². The number of halogens is 2. The highest BCUT2D eigenvalue weighted by Crippen LogP contribution is 2.19. The van der Waals surface area contributed by atoms with E-state index < -0.39 is 5.82 Å². The Labute approximate surface area is 110 Å². The summed E-state index contributed by atoms with van der Waals surface area (Å²) >= 11 is 5.72. The van der Waals surface area contributed by atoms with Gasteiger partial charge >= 0.3 is 0 Å². The first kappa shape index (κ1) is 13.0. The van der Waals surface area contributed by atoms with Crippen molar-refractivity contribution >= 4 is 11.6 Å². The molecule has 0 aliphatic carbocycles. The molecule has 0 radical (unpaired) electrons. The number of hydrogen-bond donors (Lipinski definition) is 1. The van der Waals surface area contributed by atoms with Gasteiger partial charge in [0.15, 0.2) is 0 Å². The molecule has 1 aromatic heterocycles. The summed E-state index contributed by atoms with van der Waals surface area (Å²) in [6.07, 6.45) is 2.77. The van der Waals surface area contributed by atoms with Crippen LogP contribution in [0.15, 0.2) is 24.4 Å². The number of aryl methyl sites for hydroxylation is 1. The Morgan fingerprint density at radius 3 is 2.89 bits per heavy atom. The van der Waals surface area contributed by atoms with Gasteiger partial charge in [0.25, 0.3) is 0 Å². The van der Waals surface area contributed by atoms with Gasteiger partial charge in [-0.05, 0) is 18.1 Å². The zero-order valence-corrected chi connectivity index (χ0v) is 10.7. The molecule has 0 spiro atoms. The van der Waals surface area contributed by atoms with Gasteiger partial charge in [0, 0.05) is 25.7 Å². The molecule has 0 fully saturated rings. The largest absolute Gasteiger partial charge is 0.327 e. The Kier molecular flexibility index (Phi) is 3.93. The van der Waals surface area contributed by atoms with Crippen molar-refractivity contribution in [3.8, 4) is 0 Å². The molecular formula is C12H14ClFN4. The second kappa shape index (κ2) is 5.46. The lowest BCUT2D eigenvalue weighted by molar-refractivity contribution is 0.581. The molecule has 96 valence electrons. The fourth-order valence-corrected chi connectivity index (χ4v) is 2.01. The third kappa shape index (κ3) is 3.05. The first-order valence-corrected chi connectivity index (χ1v) is 5.97. The van der Waals surface area contributed by atoms with Crippen LogP contribution in [0.4, 0.5) is 4.39 Å². The molecule has 1 atom stereocenters. The average Bonchev–Trinajstić information content (AvgIpc) is 2.70. The number of hydrogen-bond acceptors (Lipinski definition) is 3. The van der Waals surface area contributed by atoms with Crippen LogP contribution >= 0.6 is 11.6 Å². The molecule has 1 aromatic carbocycles. The number of nitrogens with two attached hydrogens (primary N) is 1. The summed E-state index contributed by atoms with van der Waals surface area (Å²) in [6.45, 7) is 0. The van der Waals surface area contributed by atoms with E-state index in [1.807, 2.05) is 0 Å². The summed E-state index contributed by atoms with van der Waals surface area (Å²) in [4.78, 5) is 0. The highest BCUT2D eigenvalue weighted by atomic mass is 35.5. The smallest absolute Gasteiger partial charge is 0.145 e. The van der Waals surface area contributed by atoms with Crippen LogP contribution in [0, 0.1) is 5.82 Å². The molecule has 0 aliphatic rings. The molecule has 2 N–H and O–H groups in total. The van der Waals surface area contributed by atoms with E-state index >= 15 is 0 Å². The summed E-state index contributed by atoms with van der Waals surface area (Å²) < 4.78 is 15.3. The van der Waals surface area contributed by atoms with Crippen LogP contribution in [-0.4, -0.2) is 21.0 Å². The lowest BCUT2D eigenvalue weighted by Crippen LogP contribution is -2.26. The summed E-state index contributed by atoms with van der Waals surface area (Å²) in [5.74, 6) is -0.395. The predicted octanol–water partition coefficient (Wildman–Crippen LogP) is 1.72. The highest BCUT2D eigenvalue weighted by Gasteiger charge is 2.12. The topological polar surface area (TPSA) is 56.7 Å². The van der Waals surface area contributed by atoms with Crippen molar-refractivity contribution in [2.75, 3.05) is 0 Å². The molecule has 0 aliphatic heterocycles. The maximum Gasteiger partial charge on any atom is 0.145 e. The molecule has 2 aromatic rings. The van der Waals surface area contributed by atoms with E-state index in [1.54, 1.807) is 30.1 Å². The number of benzene rings is 1. The molecule has 0 saturated heterocycles. The van der Waals surface area contributed by atoms with E-state index in [9.17, 15) is 4.39 Å². The SMILES string of the molecule is Cn1cc(CC(N)Cc2cccc(Cl)c2F)nn1. The van der Waals surface area contributed by atoms with Crippen molar-refractivity contribution < 1.29 is 4.39 Å². The minimum absolute atomic E-state index is 0.124. The van der Waals surface area contributed by atoms with Gasteiger partial charge in [-0.1, -0.05) is 28.9 Å². The first-order chi connectivity index (χ1) is 8.56. The van der Waals surface area contributed by atoms with Crippen LogP contribution < -0.4 is 5.73 Å². The first-order valence-electron chi connectivity index (χ1n) is 5.60. The summed E-state index contributed by atoms with van der Waals surface area (Å²) in [5, 5.41) is 7.90. The van der Waals surface area contributed by atoms with Gasteiger partial charge in [-0.3, -0.25) is 4.68 Å². The van der Waals surface area contributed by atoms with Crippen LogP contribution in [-0.2, 0) is 19.9 Å². The van der Waals surface area contributed by atoms with Gasteiger partial charge in [0.1, 0.15) is 5.82 Å². The van der Waals surface area contributed by atoms with Gasteiger partial charge in [-0.2, -0.15) is 0 Å².